The van der Waals surface area contributed by atoms with Crippen LogP contribution in [0.5, 0.6) is 0 Å². The van der Waals surface area contributed by atoms with Crippen molar-refractivity contribution in [2.45, 2.75) is 26.3 Å². The van der Waals surface area contributed by atoms with Crippen LogP contribution in [-0.2, 0) is 0 Å². The summed E-state index contributed by atoms with van der Waals surface area (Å²) in [5, 5.41) is 12.4. The molecule has 2 atom stereocenters. The fourth-order valence-corrected chi connectivity index (χ4v) is 2.39. The third-order valence-corrected chi connectivity index (χ3v) is 3.51. The van der Waals surface area contributed by atoms with Crippen LogP contribution in [0.1, 0.15) is 18.9 Å². The zero-order valence-corrected chi connectivity index (χ0v) is 10.6. The molecular formula is C12H20N4O. The minimum Gasteiger partial charge on any atom is -0.394 e. The molecule has 0 aromatic carbocycles. The number of anilines is 2. The number of nitrogens with zero attached hydrogens (tertiary/aromatic N) is 3. The van der Waals surface area contributed by atoms with Crippen LogP contribution in [0.25, 0.3) is 0 Å². The van der Waals surface area contributed by atoms with Crippen LogP contribution in [0, 0.1) is 12.8 Å². The van der Waals surface area contributed by atoms with Crippen LogP contribution < -0.4 is 10.2 Å². The van der Waals surface area contributed by atoms with Gasteiger partial charge in [0.1, 0.15) is 5.82 Å². The van der Waals surface area contributed by atoms with Gasteiger partial charge in [-0.2, -0.15) is 4.98 Å². The summed E-state index contributed by atoms with van der Waals surface area (Å²) in [6.45, 7) is 5.31. The van der Waals surface area contributed by atoms with Crippen molar-refractivity contribution in [1.29, 1.82) is 0 Å². The lowest BCUT2D eigenvalue weighted by Gasteiger charge is -2.27. The molecule has 1 aromatic heterocycles. The van der Waals surface area contributed by atoms with E-state index in [1.807, 2.05) is 20.2 Å². The second-order valence-corrected chi connectivity index (χ2v) is 4.66. The highest BCUT2D eigenvalue weighted by atomic mass is 16.3. The first-order valence-corrected chi connectivity index (χ1v) is 6.06. The Bertz CT molecular complexity index is 396. The first-order chi connectivity index (χ1) is 8.17. The highest BCUT2D eigenvalue weighted by molar-refractivity contribution is 5.50. The molecule has 1 fully saturated rings. The number of aryl methyl sites for hydroxylation is 1. The second kappa shape index (κ2) is 4.87. The smallest absolute Gasteiger partial charge is 0.224 e. The summed E-state index contributed by atoms with van der Waals surface area (Å²) in [6, 6.07) is 0.174. The molecule has 94 valence electrons. The third-order valence-electron chi connectivity index (χ3n) is 3.51. The Morgan fingerprint density at radius 1 is 1.59 bits per heavy atom. The van der Waals surface area contributed by atoms with Crippen molar-refractivity contribution in [2.75, 3.05) is 30.4 Å². The number of aliphatic hydroxyl groups is 1. The first kappa shape index (κ1) is 12.1. The quantitative estimate of drug-likeness (QED) is 0.821. The maximum atomic E-state index is 9.48. The Morgan fingerprint density at radius 2 is 2.35 bits per heavy atom. The average Bonchev–Trinajstić information content (AvgIpc) is 2.71. The molecule has 0 bridgehead atoms. The van der Waals surface area contributed by atoms with Gasteiger partial charge < -0.3 is 15.3 Å². The Balaban J connectivity index is 2.32. The van der Waals surface area contributed by atoms with E-state index < -0.39 is 0 Å². The molecule has 0 amide bonds. The van der Waals surface area contributed by atoms with Gasteiger partial charge in [-0.1, -0.05) is 6.92 Å². The van der Waals surface area contributed by atoms with Gasteiger partial charge in [-0.3, -0.25) is 0 Å². The first-order valence-electron chi connectivity index (χ1n) is 6.06. The van der Waals surface area contributed by atoms with Crippen LogP contribution in [0.4, 0.5) is 11.8 Å². The molecule has 2 heterocycles. The molecule has 2 rings (SSSR count). The molecule has 1 aromatic rings. The van der Waals surface area contributed by atoms with Crippen molar-refractivity contribution in [2.24, 2.45) is 5.92 Å². The number of rotatable bonds is 3. The normalized spacial score (nSPS) is 24.1. The van der Waals surface area contributed by atoms with Crippen LogP contribution in [0.15, 0.2) is 6.20 Å². The van der Waals surface area contributed by atoms with Crippen molar-refractivity contribution in [3.05, 3.63) is 11.8 Å². The molecule has 2 N–H and O–H groups in total. The fourth-order valence-electron chi connectivity index (χ4n) is 2.39. The Morgan fingerprint density at radius 3 is 3.00 bits per heavy atom. The van der Waals surface area contributed by atoms with E-state index in [1.54, 1.807) is 0 Å². The molecule has 0 aliphatic carbocycles. The molecule has 1 aliphatic heterocycles. The van der Waals surface area contributed by atoms with Crippen molar-refractivity contribution in [3.8, 4) is 0 Å². The van der Waals surface area contributed by atoms with E-state index in [1.165, 1.54) is 0 Å². The predicted octanol–water partition coefficient (Wildman–Crippen LogP) is 1.03. The summed E-state index contributed by atoms with van der Waals surface area (Å²) in [6.07, 6.45) is 2.93. The van der Waals surface area contributed by atoms with Gasteiger partial charge in [-0.15, -0.1) is 0 Å². The number of nitrogens with one attached hydrogen (secondary N) is 1. The van der Waals surface area contributed by atoms with E-state index in [9.17, 15) is 5.11 Å². The number of aromatic nitrogens is 2. The van der Waals surface area contributed by atoms with Gasteiger partial charge in [-0.05, 0) is 19.3 Å². The highest BCUT2D eigenvalue weighted by Gasteiger charge is 2.32. The van der Waals surface area contributed by atoms with E-state index in [4.69, 9.17) is 0 Å². The van der Waals surface area contributed by atoms with Gasteiger partial charge in [0.2, 0.25) is 5.95 Å². The molecule has 1 saturated heterocycles. The largest absolute Gasteiger partial charge is 0.394 e. The molecule has 17 heavy (non-hydrogen) atoms. The third kappa shape index (κ3) is 2.20. The van der Waals surface area contributed by atoms with Gasteiger partial charge >= 0.3 is 0 Å². The summed E-state index contributed by atoms with van der Waals surface area (Å²) >= 11 is 0. The lowest BCUT2D eigenvalue weighted by molar-refractivity contribution is 0.244. The van der Waals surface area contributed by atoms with E-state index in [-0.39, 0.29) is 12.6 Å². The van der Waals surface area contributed by atoms with E-state index >= 15 is 0 Å². The molecule has 0 saturated carbocycles. The Kier molecular flexibility index (Phi) is 3.47. The average molecular weight is 236 g/mol. The van der Waals surface area contributed by atoms with Crippen LogP contribution in [0.2, 0.25) is 0 Å². The summed E-state index contributed by atoms with van der Waals surface area (Å²) < 4.78 is 0. The highest BCUT2D eigenvalue weighted by Crippen LogP contribution is 2.30. The second-order valence-electron chi connectivity index (χ2n) is 4.66. The maximum absolute atomic E-state index is 9.48. The molecule has 0 radical (unpaired) electrons. The van der Waals surface area contributed by atoms with E-state index in [0.717, 1.165) is 24.3 Å². The molecule has 1 aliphatic rings. The predicted molar refractivity (Wildman–Crippen MR) is 68.3 cm³/mol. The van der Waals surface area contributed by atoms with Gasteiger partial charge in [0.15, 0.2) is 0 Å². The summed E-state index contributed by atoms with van der Waals surface area (Å²) in [7, 11) is 1.81. The van der Waals surface area contributed by atoms with E-state index in [0.29, 0.717) is 11.9 Å². The Labute approximate surface area is 102 Å². The monoisotopic (exact) mass is 236 g/mol. The summed E-state index contributed by atoms with van der Waals surface area (Å²) in [5.41, 5.74) is 1.05. The van der Waals surface area contributed by atoms with Gasteiger partial charge in [0.25, 0.3) is 0 Å². The maximum Gasteiger partial charge on any atom is 0.224 e. The summed E-state index contributed by atoms with van der Waals surface area (Å²) in [4.78, 5) is 10.9. The fraction of sp³-hybridized carbons (Fsp3) is 0.667. The van der Waals surface area contributed by atoms with Crippen LogP contribution in [-0.4, -0.2) is 41.3 Å². The van der Waals surface area contributed by atoms with Gasteiger partial charge in [-0.25, -0.2) is 4.98 Å². The lowest BCUT2D eigenvalue weighted by Crippen LogP contribution is -2.36. The van der Waals surface area contributed by atoms with Crippen molar-refractivity contribution >= 4 is 11.8 Å². The molecule has 5 heteroatoms. The summed E-state index contributed by atoms with van der Waals surface area (Å²) in [5.74, 6) is 2.07. The lowest BCUT2D eigenvalue weighted by atomic mass is 10.0. The number of hydrogen-bond acceptors (Lipinski definition) is 5. The van der Waals surface area contributed by atoms with Gasteiger partial charge in [0, 0.05) is 25.4 Å². The number of hydrogen-bond donors (Lipinski definition) is 2. The van der Waals surface area contributed by atoms with Crippen molar-refractivity contribution < 1.29 is 5.11 Å². The van der Waals surface area contributed by atoms with E-state index in [2.05, 4.69) is 27.1 Å². The van der Waals surface area contributed by atoms with Crippen molar-refractivity contribution in [3.63, 3.8) is 0 Å². The van der Waals surface area contributed by atoms with Crippen LogP contribution >= 0.6 is 0 Å². The topological polar surface area (TPSA) is 61.3 Å². The Hall–Kier alpha value is -1.36. The minimum absolute atomic E-state index is 0.174. The van der Waals surface area contributed by atoms with Gasteiger partial charge in [0.05, 0.1) is 12.6 Å². The number of aliphatic hydroxyl groups excluding tert-OH is 1. The molecule has 0 spiro atoms. The van der Waals surface area contributed by atoms with Crippen LogP contribution in [0.3, 0.4) is 0 Å². The standard InChI is InChI=1S/C12H20N4O/c1-8-4-5-16(10(8)7-17)11-9(2)6-14-12(13-3)15-11/h6,8,10,17H,4-5,7H2,1-3H3,(H,13,14,15). The molecular weight excluding hydrogens is 216 g/mol. The minimum atomic E-state index is 0.174. The zero-order chi connectivity index (χ0) is 12.4. The molecule has 2 unspecified atom stereocenters. The SMILES string of the molecule is CNc1ncc(C)c(N2CCC(C)C2CO)n1. The molecule has 5 nitrogen and oxygen atoms in total. The zero-order valence-electron chi connectivity index (χ0n) is 10.6. The van der Waals surface area contributed by atoms with Crippen molar-refractivity contribution in [1.82, 2.24) is 9.97 Å².